The third-order valence-electron chi connectivity index (χ3n) is 4.82. The van der Waals surface area contributed by atoms with Crippen LogP contribution in [0.5, 0.6) is 0 Å². The summed E-state index contributed by atoms with van der Waals surface area (Å²) in [5.74, 6) is 0.0927. The van der Waals surface area contributed by atoms with Crippen LogP contribution < -0.4 is 4.90 Å². The molecule has 1 heterocycles. The van der Waals surface area contributed by atoms with Gasteiger partial charge < -0.3 is 14.9 Å². The maximum Gasteiger partial charge on any atom is 0.225 e. The van der Waals surface area contributed by atoms with Gasteiger partial charge in [0.25, 0.3) is 0 Å². The van der Waals surface area contributed by atoms with Gasteiger partial charge in [-0.2, -0.15) is 0 Å². The second-order valence-electron chi connectivity index (χ2n) is 6.46. The fourth-order valence-corrected chi connectivity index (χ4v) is 3.67. The standard InChI is InChI=1S/C17H23ClN2O2/c18-14-4-3-5-15(12-14)19-8-10-20(11-9-19)16(21)13-17(22)6-1-2-7-17/h3-5,12,22H,1-2,6-11,13H2. The SMILES string of the molecule is O=C(CC1(O)CCCC1)N1CCN(c2cccc(Cl)c2)CC1. The minimum Gasteiger partial charge on any atom is -0.389 e. The lowest BCUT2D eigenvalue weighted by atomic mass is 9.97. The number of anilines is 1. The third-order valence-corrected chi connectivity index (χ3v) is 5.06. The van der Waals surface area contributed by atoms with Crippen LogP contribution in [-0.4, -0.2) is 47.7 Å². The molecule has 2 aliphatic rings. The summed E-state index contributed by atoms with van der Waals surface area (Å²) in [5.41, 5.74) is 0.357. The number of amides is 1. The molecule has 4 nitrogen and oxygen atoms in total. The van der Waals surface area contributed by atoms with Crippen molar-refractivity contribution in [1.82, 2.24) is 4.90 Å². The van der Waals surface area contributed by atoms with Crippen molar-refractivity contribution in [3.8, 4) is 0 Å². The van der Waals surface area contributed by atoms with Crippen molar-refractivity contribution in [2.75, 3.05) is 31.1 Å². The predicted molar refractivity (Wildman–Crippen MR) is 88.3 cm³/mol. The van der Waals surface area contributed by atoms with Crippen molar-refractivity contribution in [2.24, 2.45) is 0 Å². The fourth-order valence-electron chi connectivity index (χ4n) is 3.49. The van der Waals surface area contributed by atoms with Crippen molar-refractivity contribution in [3.63, 3.8) is 0 Å². The van der Waals surface area contributed by atoms with E-state index >= 15 is 0 Å². The first kappa shape index (κ1) is 15.6. The molecule has 0 bridgehead atoms. The number of nitrogens with zero attached hydrogens (tertiary/aromatic N) is 2. The fraction of sp³-hybridized carbons (Fsp3) is 0.588. The topological polar surface area (TPSA) is 43.8 Å². The molecule has 120 valence electrons. The summed E-state index contributed by atoms with van der Waals surface area (Å²) in [6, 6.07) is 7.82. The average Bonchev–Trinajstić information content (AvgIpc) is 2.93. The van der Waals surface area contributed by atoms with Crippen LogP contribution in [0.15, 0.2) is 24.3 Å². The number of halogens is 1. The van der Waals surface area contributed by atoms with Crippen LogP contribution in [0.2, 0.25) is 5.02 Å². The maximum atomic E-state index is 12.4. The molecule has 22 heavy (non-hydrogen) atoms. The summed E-state index contributed by atoms with van der Waals surface area (Å²) in [6.45, 7) is 3.04. The van der Waals surface area contributed by atoms with Gasteiger partial charge in [-0.15, -0.1) is 0 Å². The normalized spacial score (nSPS) is 21.2. The Hall–Kier alpha value is -1.26. The van der Waals surface area contributed by atoms with Gasteiger partial charge in [0, 0.05) is 36.9 Å². The zero-order valence-corrected chi connectivity index (χ0v) is 13.6. The molecule has 5 heteroatoms. The van der Waals surface area contributed by atoms with E-state index in [0.29, 0.717) is 13.1 Å². The summed E-state index contributed by atoms with van der Waals surface area (Å²) >= 11 is 6.03. The van der Waals surface area contributed by atoms with E-state index in [1.54, 1.807) is 0 Å². The lowest BCUT2D eigenvalue weighted by Gasteiger charge is -2.37. The van der Waals surface area contributed by atoms with Crippen molar-refractivity contribution < 1.29 is 9.90 Å². The maximum absolute atomic E-state index is 12.4. The van der Waals surface area contributed by atoms with E-state index in [-0.39, 0.29) is 12.3 Å². The molecule has 2 fully saturated rings. The van der Waals surface area contributed by atoms with Gasteiger partial charge in [0.2, 0.25) is 5.91 Å². The van der Waals surface area contributed by atoms with Crippen molar-refractivity contribution >= 4 is 23.2 Å². The highest BCUT2D eigenvalue weighted by atomic mass is 35.5. The molecule has 1 aromatic rings. The van der Waals surface area contributed by atoms with Crippen molar-refractivity contribution in [1.29, 1.82) is 0 Å². The Bertz CT molecular complexity index is 535. The van der Waals surface area contributed by atoms with E-state index in [4.69, 9.17) is 11.6 Å². The molecular formula is C17H23ClN2O2. The second kappa shape index (κ2) is 6.47. The van der Waals surface area contributed by atoms with E-state index in [2.05, 4.69) is 4.90 Å². The highest BCUT2D eigenvalue weighted by Gasteiger charge is 2.35. The summed E-state index contributed by atoms with van der Waals surface area (Å²) in [5, 5.41) is 11.1. The van der Waals surface area contributed by atoms with Gasteiger partial charge >= 0.3 is 0 Å². The number of benzene rings is 1. The molecule has 0 unspecified atom stereocenters. The molecular weight excluding hydrogens is 300 g/mol. The molecule has 0 atom stereocenters. The number of carbonyl (C=O) groups is 1. The van der Waals surface area contributed by atoms with Gasteiger partial charge in [-0.1, -0.05) is 30.5 Å². The summed E-state index contributed by atoms with van der Waals surface area (Å²) in [4.78, 5) is 16.5. The van der Waals surface area contributed by atoms with E-state index in [1.165, 1.54) is 0 Å². The first-order valence-corrected chi connectivity index (χ1v) is 8.44. The van der Waals surface area contributed by atoms with E-state index < -0.39 is 5.60 Å². The van der Waals surface area contributed by atoms with Gasteiger partial charge in [0.05, 0.1) is 12.0 Å². The number of piperazine rings is 1. The van der Waals surface area contributed by atoms with Crippen LogP contribution in [-0.2, 0) is 4.79 Å². The quantitative estimate of drug-likeness (QED) is 0.930. The zero-order valence-electron chi connectivity index (χ0n) is 12.8. The average molecular weight is 323 g/mol. The van der Waals surface area contributed by atoms with Crippen LogP contribution in [0.25, 0.3) is 0 Å². The van der Waals surface area contributed by atoms with E-state index in [1.807, 2.05) is 29.2 Å². The van der Waals surface area contributed by atoms with Gasteiger partial charge in [0.1, 0.15) is 0 Å². The summed E-state index contributed by atoms with van der Waals surface area (Å²) in [6.07, 6.45) is 3.88. The highest BCUT2D eigenvalue weighted by Crippen LogP contribution is 2.33. The van der Waals surface area contributed by atoms with E-state index in [9.17, 15) is 9.90 Å². The first-order chi connectivity index (χ1) is 10.6. The smallest absolute Gasteiger partial charge is 0.225 e. The van der Waals surface area contributed by atoms with Crippen molar-refractivity contribution in [2.45, 2.75) is 37.7 Å². The lowest BCUT2D eigenvalue weighted by molar-refractivity contribution is -0.136. The number of rotatable bonds is 3. The van der Waals surface area contributed by atoms with Crippen LogP contribution in [0.4, 0.5) is 5.69 Å². The van der Waals surface area contributed by atoms with Gasteiger partial charge in [0.15, 0.2) is 0 Å². The minimum absolute atomic E-state index is 0.0927. The molecule has 1 amide bonds. The lowest BCUT2D eigenvalue weighted by Crippen LogP contribution is -2.50. The molecule has 3 rings (SSSR count). The Labute approximate surface area is 136 Å². The second-order valence-corrected chi connectivity index (χ2v) is 6.89. The molecule has 1 aliphatic heterocycles. The Balaban J connectivity index is 1.54. The van der Waals surface area contributed by atoms with Gasteiger partial charge in [-0.05, 0) is 31.0 Å². The van der Waals surface area contributed by atoms with Crippen LogP contribution in [0.1, 0.15) is 32.1 Å². The number of hydrogen-bond acceptors (Lipinski definition) is 3. The molecule has 0 spiro atoms. The number of aliphatic hydroxyl groups is 1. The third kappa shape index (κ3) is 3.55. The van der Waals surface area contributed by atoms with Gasteiger partial charge in [-0.3, -0.25) is 4.79 Å². The van der Waals surface area contributed by atoms with Crippen LogP contribution in [0, 0.1) is 0 Å². The Morgan fingerprint density at radius 3 is 2.50 bits per heavy atom. The van der Waals surface area contributed by atoms with Gasteiger partial charge in [-0.25, -0.2) is 0 Å². The Morgan fingerprint density at radius 1 is 1.18 bits per heavy atom. The van der Waals surface area contributed by atoms with Crippen LogP contribution in [0.3, 0.4) is 0 Å². The molecule has 1 saturated carbocycles. The monoisotopic (exact) mass is 322 g/mol. The molecule has 0 aromatic heterocycles. The summed E-state index contributed by atoms with van der Waals surface area (Å²) < 4.78 is 0. The molecule has 1 saturated heterocycles. The number of carbonyl (C=O) groups excluding carboxylic acids is 1. The van der Waals surface area contributed by atoms with E-state index in [0.717, 1.165) is 49.5 Å². The minimum atomic E-state index is -0.749. The highest BCUT2D eigenvalue weighted by molar-refractivity contribution is 6.30. The Kier molecular flexibility index (Phi) is 4.59. The molecule has 1 aromatic carbocycles. The van der Waals surface area contributed by atoms with Crippen molar-refractivity contribution in [3.05, 3.63) is 29.3 Å². The predicted octanol–water partition coefficient (Wildman–Crippen LogP) is 2.68. The molecule has 1 N–H and O–H groups in total. The molecule has 1 aliphatic carbocycles. The Morgan fingerprint density at radius 2 is 1.86 bits per heavy atom. The first-order valence-electron chi connectivity index (χ1n) is 8.06. The summed E-state index contributed by atoms with van der Waals surface area (Å²) in [7, 11) is 0. The largest absolute Gasteiger partial charge is 0.389 e. The zero-order chi connectivity index (χ0) is 15.6. The van der Waals surface area contributed by atoms with Crippen LogP contribution >= 0.6 is 11.6 Å². The number of hydrogen-bond donors (Lipinski definition) is 1. The molecule has 0 radical (unpaired) electrons.